The number of para-hydroxylation sites is 1. The van der Waals surface area contributed by atoms with Crippen LogP contribution in [0.4, 0.5) is 0 Å². The zero-order valence-electron chi connectivity index (χ0n) is 14.7. The molecule has 1 fully saturated rings. The highest BCUT2D eigenvalue weighted by molar-refractivity contribution is 5.79. The molecule has 1 saturated heterocycles. The third-order valence-corrected chi connectivity index (χ3v) is 5.05. The van der Waals surface area contributed by atoms with Crippen LogP contribution in [0.1, 0.15) is 31.0 Å². The Kier molecular flexibility index (Phi) is 4.57. The highest BCUT2D eigenvalue weighted by atomic mass is 16.2. The zero-order chi connectivity index (χ0) is 18.8. The van der Waals surface area contributed by atoms with E-state index in [9.17, 15) is 14.4 Å². The van der Waals surface area contributed by atoms with Gasteiger partial charge in [-0.15, -0.1) is 0 Å². The van der Waals surface area contributed by atoms with Crippen molar-refractivity contribution in [1.29, 1.82) is 0 Å². The number of amides is 1. The van der Waals surface area contributed by atoms with Crippen LogP contribution in [0.25, 0.3) is 10.9 Å². The minimum Gasteiger partial charge on any atom is -0.343 e. The zero-order valence-corrected chi connectivity index (χ0v) is 14.7. The van der Waals surface area contributed by atoms with Crippen molar-refractivity contribution in [3.63, 3.8) is 0 Å². The highest BCUT2D eigenvalue weighted by Gasteiger charge is 2.25. The van der Waals surface area contributed by atoms with Gasteiger partial charge >= 0.3 is 5.69 Å². The lowest BCUT2D eigenvalue weighted by Crippen LogP contribution is -2.38. The molecule has 0 radical (unpaired) electrons. The van der Waals surface area contributed by atoms with Crippen LogP contribution in [-0.2, 0) is 11.3 Å². The lowest BCUT2D eigenvalue weighted by molar-refractivity contribution is -0.132. The number of rotatable bonds is 4. The number of piperidine rings is 1. The SMILES string of the molecule is O=C(CCn1ncc(=O)c2ccccc21)N1CCC(c2n[nH]c(=O)[nH]2)CC1. The standard InChI is InChI=1S/C18H20N6O3/c25-15-11-19-24(14-4-2-1-3-13(14)15)10-7-16(26)23-8-5-12(6-9-23)17-20-18(27)22-21-17/h1-4,11-12H,5-10H2,(H2,20,21,22,27). The molecule has 0 atom stereocenters. The number of aromatic amines is 2. The van der Waals surface area contributed by atoms with Gasteiger partial charge in [0.1, 0.15) is 5.82 Å². The van der Waals surface area contributed by atoms with Gasteiger partial charge in [-0.3, -0.25) is 19.3 Å². The van der Waals surface area contributed by atoms with E-state index in [1.165, 1.54) is 6.20 Å². The Morgan fingerprint density at radius 1 is 1.19 bits per heavy atom. The molecule has 0 spiro atoms. The molecule has 0 bridgehead atoms. The van der Waals surface area contributed by atoms with Crippen molar-refractivity contribution in [2.24, 2.45) is 0 Å². The van der Waals surface area contributed by atoms with Crippen LogP contribution in [0, 0.1) is 0 Å². The van der Waals surface area contributed by atoms with E-state index in [-0.39, 0.29) is 22.9 Å². The minimum absolute atomic E-state index is 0.0635. The van der Waals surface area contributed by atoms with E-state index in [0.717, 1.165) is 18.4 Å². The average molecular weight is 368 g/mol. The number of nitrogens with one attached hydrogen (secondary N) is 2. The number of carbonyl (C=O) groups is 1. The molecule has 27 heavy (non-hydrogen) atoms. The summed E-state index contributed by atoms with van der Waals surface area (Å²) in [5, 5.41) is 11.1. The van der Waals surface area contributed by atoms with Gasteiger partial charge in [-0.25, -0.2) is 9.89 Å². The second-order valence-corrected chi connectivity index (χ2v) is 6.72. The monoisotopic (exact) mass is 368 g/mol. The largest absolute Gasteiger partial charge is 0.343 e. The van der Waals surface area contributed by atoms with Crippen molar-refractivity contribution in [2.45, 2.75) is 31.7 Å². The molecule has 2 aromatic heterocycles. The van der Waals surface area contributed by atoms with E-state index in [0.29, 0.717) is 37.3 Å². The lowest BCUT2D eigenvalue weighted by Gasteiger charge is -2.31. The predicted molar refractivity (Wildman–Crippen MR) is 98.4 cm³/mol. The van der Waals surface area contributed by atoms with Gasteiger partial charge < -0.3 is 4.90 Å². The summed E-state index contributed by atoms with van der Waals surface area (Å²) in [4.78, 5) is 40.2. The number of fused-ring (bicyclic) bond motifs is 1. The molecule has 1 amide bonds. The van der Waals surface area contributed by atoms with Crippen molar-refractivity contribution in [3.8, 4) is 0 Å². The van der Waals surface area contributed by atoms with Crippen molar-refractivity contribution in [1.82, 2.24) is 29.9 Å². The number of nitrogens with zero attached hydrogens (tertiary/aromatic N) is 4. The normalized spacial score (nSPS) is 15.3. The molecule has 4 rings (SSSR count). The Bertz CT molecular complexity index is 1070. The lowest BCUT2D eigenvalue weighted by atomic mass is 9.96. The first-order valence-corrected chi connectivity index (χ1v) is 8.99. The van der Waals surface area contributed by atoms with Gasteiger partial charge in [0.2, 0.25) is 11.3 Å². The molecule has 0 aliphatic carbocycles. The Balaban J connectivity index is 1.37. The average Bonchev–Trinajstić information content (AvgIpc) is 3.14. The maximum absolute atomic E-state index is 12.6. The van der Waals surface area contributed by atoms with Crippen LogP contribution in [0.2, 0.25) is 0 Å². The molecule has 0 unspecified atom stereocenters. The fourth-order valence-corrected chi connectivity index (χ4v) is 3.58. The number of aromatic nitrogens is 5. The van der Waals surface area contributed by atoms with Gasteiger partial charge in [0.25, 0.3) is 0 Å². The quantitative estimate of drug-likeness (QED) is 0.700. The highest BCUT2D eigenvalue weighted by Crippen LogP contribution is 2.25. The fourth-order valence-electron chi connectivity index (χ4n) is 3.58. The first kappa shape index (κ1) is 17.2. The molecular formula is C18H20N6O3. The van der Waals surface area contributed by atoms with E-state index in [2.05, 4.69) is 20.3 Å². The Labute approximate surface area is 154 Å². The van der Waals surface area contributed by atoms with Crippen LogP contribution >= 0.6 is 0 Å². The minimum atomic E-state index is -0.302. The summed E-state index contributed by atoms with van der Waals surface area (Å²) in [6, 6.07) is 7.27. The van der Waals surface area contributed by atoms with Crippen molar-refractivity contribution >= 4 is 16.8 Å². The number of H-pyrrole nitrogens is 2. The van der Waals surface area contributed by atoms with Gasteiger partial charge in [-0.1, -0.05) is 12.1 Å². The summed E-state index contributed by atoms with van der Waals surface area (Å²) in [6.45, 7) is 1.69. The van der Waals surface area contributed by atoms with Crippen LogP contribution in [0.3, 0.4) is 0 Å². The second kappa shape index (κ2) is 7.18. The van der Waals surface area contributed by atoms with E-state index >= 15 is 0 Å². The van der Waals surface area contributed by atoms with Gasteiger partial charge in [-0.2, -0.15) is 10.2 Å². The van der Waals surface area contributed by atoms with Gasteiger partial charge in [0.15, 0.2) is 0 Å². The van der Waals surface area contributed by atoms with Crippen molar-refractivity contribution in [3.05, 3.63) is 57.0 Å². The first-order valence-electron chi connectivity index (χ1n) is 8.99. The van der Waals surface area contributed by atoms with E-state index in [1.54, 1.807) is 10.7 Å². The molecule has 0 saturated carbocycles. The maximum Gasteiger partial charge on any atom is 0.340 e. The summed E-state index contributed by atoms with van der Waals surface area (Å²) in [5.41, 5.74) is 0.315. The van der Waals surface area contributed by atoms with Crippen LogP contribution < -0.4 is 11.1 Å². The predicted octanol–water partition coefficient (Wildman–Crippen LogP) is 0.604. The van der Waals surface area contributed by atoms with Gasteiger partial charge in [0.05, 0.1) is 18.3 Å². The smallest absolute Gasteiger partial charge is 0.340 e. The summed E-state index contributed by atoms with van der Waals surface area (Å²) >= 11 is 0. The molecule has 1 aliphatic rings. The second-order valence-electron chi connectivity index (χ2n) is 6.72. The number of hydrogen-bond acceptors (Lipinski definition) is 5. The fraction of sp³-hybridized carbons (Fsp3) is 0.389. The topological polar surface area (TPSA) is 117 Å². The first-order chi connectivity index (χ1) is 13.1. The molecule has 3 aromatic rings. The van der Waals surface area contributed by atoms with Gasteiger partial charge in [-0.05, 0) is 25.0 Å². The summed E-state index contributed by atoms with van der Waals surface area (Å²) < 4.78 is 1.70. The molecule has 140 valence electrons. The van der Waals surface area contributed by atoms with Crippen LogP contribution in [-0.4, -0.2) is 48.9 Å². The van der Waals surface area contributed by atoms with Gasteiger partial charge in [0, 0.05) is 30.8 Å². The molecule has 1 aromatic carbocycles. The Morgan fingerprint density at radius 2 is 1.96 bits per heavy atom. The summed E-state index contributed by atoms with van der Waals surface area (Å²) in [6.07, 6.45) is 3.16. The molecule has 9 nitrogen and oxygen atoms in total. The van der Waals surface area contributed by atoms with E-state index < -0.39 is 0 Å². The summed E-state index contributed by atoms with van der Waals surface area (Å²) in [7, 11) is 0. The van der Waals surface area contributed by atoms with Crippen LogP contribution in [0.5, 0.6) is 0 Å². The van der Waals surface area contributed by atoms with E-state index in [4.69, 9.17) is 0 Å². The van der Waals surface area contributed by atoms with Crippen LogP contribution in [0.15, 0.2) is 40.1 Å². The number of benzene rings is 1. The van der Waals surface area contributed by atoms with E-state index in [1.807, 2.05) is 23.1 Å². The Hall–Kier alpha value is -3.23. The maximum atomic E-state index is 12.6. The molecule has 2 N–H and O–H groups in total. The Morgan fingerprint density at radius 3 is 2.70 bits per heavy atom. The third kappa shape index (κ3) is 3.53. The van der Waals surface area contributed by atoms with Crippen molar-refractivity contribution < 1.29 is 4.79 Å². The van der Waals surface area contributed by atoms with Crippen molar-refractivity contribution in [2.75, 3.05) is 13.1 Å². The molecule has 3 heterocycles. The third-order valence-electron chi connectivity index (χ3n) is 5.05. The molecule has 1 aliphatic heterocycles. The number of aryl methyl sites for hydroxylation is 1. The molecule has 9 heteroatoms. The number of likely N-dealkylation sites (tertiary alicyclic amines) is 1. The number of carbonyl (C=O) groups excluding carboxylic acids is 1. The summed E-state index contributed by atoms with van der Waals surface area (Å²) in [5.74, 6) is 0.891. The molecular weight excluding hydrogens is 348 g/mol. The number of hydrogen-bond donors (Lipinski definition) is 2.